The molecule has 0 atom stereocenters. The van der Waals surface area contributed by atoms with Gasteiger partial charge in [0.2, 0.25) is 0 Å². The smallest absolute Gasteiger partial charge is 0.433 e. The number of anilines is 1. The summed E-state index contributed by atoms with van der Waals surface area (Å²) in [6, 6.07) is 1.52. The van der Waals surface area contributed by atoms with Crippen LogP contribution in [0.1, 0.15) is 23.0 Å². The van der Waals surface area contributed by atoms with Crippen LogP contribution < -0.4 is 4.90 Å². The summed E-state index contributed by atoms with van der Waals surface area (Å²) in [4.78, 5) is 15.7. The number of nitrogens with zero attached hydrogens (tertiary/aromatic N) is 2. The molecule has 19 heavy (non-hydrogen) atoms. The Morgan fingerprint density at radius 2 is 2.16 bits per heavy atom. The van der Waals surface area contributed by atoms with Crippen LogP contribution in [0, 0.1) is 12.3 Å². The normalized spacial score (nSPS) is 10.9. The van der Waals surface area contributed by atoms with Crippen molar-refractivity contribution in [1.29, 1.82) is 0 Å². The van der Waals surface area contributed by atoms with Crippen molar-refractivity contribution >= 4 is 11.8 Å². The van der Waals surface area contributed by atoms with Crippen LogP contribution in [0.2, 0.25) is 0 Å². The van der Waals surface area contributed by atoms with Crippen LogP contribution >= 0.6 is 0 Å². The predicted molar refractivity (Wildman–Crippen MR) is 62.9 cm³/mol. The van der Waals surface area contributed by atoms with E-state index in [1.165, 1.54) is 4.90 Å². The second-order valence-corrected chi connectivity index (χ2v) is 3.59. The molecule has 0 fully saturated rings. The predicted octanol–water partition coefficient (Wildman–Crippen LogP) is 2.26. The Bertz CT molecular complexity index is 521. The van der Waals surface area contributed by atoms with Crippen LogP contribution in [0.15, 0.2) is 12.1 Å². The number of carbonyl (C=O) groups is 1. The van der Waals surface area contributed by atoms with Crippen LogP contribution in [-0.2, 0) is 6.18 Å². The highest BCUT2D eigenvalue weighted by molar-refractivity contribution is 5.93. The number of carboxylic acids is 1. The fraction of sp³-hybridized carbons (Fsp3) is 0.333. The summed E-state index contributed by atoms with van der Waals surface area (Å²) in [6.07, 6.45) is 0.466. The molecule has 0 unspecified atom stereocenters. The monoisotopic (exact) mass is 272 g/mol. The van der Waals surface area contributed by atoms with E-state index in [9.17, 15) is 18.0 Å². The summed E-state index contributed by atoms with van der Waals surface area (Å²) in [5, 5.41) is 8.97. The Morgan fingerprint density at radius 3 is 2.58 bits per heavy atom. The number of alkyl halides is 3. The second-order valence-electron chi connectivity index (χ2n) is 3.59. The van der Waals surface area contributed by atoms with Gasteiger partial charge in [-0.1, -0.05) is 5.92 Å². The molecule has 0 aliphatic rings. The van der Waals surface area contributed by atoms with Crippen molar-refractivity contribution in [2.45, 2.75) is 13.1 Å². The van der Waals surface area contributed by atoms with Gasteiger partial charge >= 0.3 is 12.1 Å². The number of terminal acetylenes is 1. The van der Waals surface area contributed by atoms with E-state index >= 15 is 0 Å². The Morgan fingerprint density at radius 1 is 1.53 bits per heavy atom. The minimum atomic E-state index is -4.64. The lowest BCUT2D eigenvalue weighted by Gasteiger charge is -2.22. The van der Waals surface area contributed by atoms with E-state index in [0.717, 1.165) is 6.07 Å². The highest BCUT2D eigenvalue weighted by Crippen LogP contribution is 2.30. The van der Waals surface area contributed by atoms with Gasteiger partial charge in [0.05, 0.1) is 6.54 Å². The lowest BCUT2D eigenvalue weighted by atomic mass is 10.2. The molecule has 0 spiro atoms. The topological polar surface area (TPSA) is 53.4 Å². The van der Waals surface area contributed by atoms with Crippen molar-refractivity contribution in [2.75, 3.05) is 18.0 Å². The first-order chi connectivity index (χ1) is 8.81. The standard InChI is InChI=1S/C12H11F3N2O2/c1-3-7-17(4-2)10-8(11(18)19)5-6-9(16-10)12(13,14)15/h1,5-6H,4,7H2,2H3,(H,18,19). The van der Waals surface area contributed by atoms with E-state index in [2.05, 4.69) is 10.9 Å². The zero-order valence-electron chi connectivity index (χ0n) is 10.0. The first-order valence-corrected chi connectivity index (χ1v) is 5.31. The minimum absolute atomic E-state index is 0.0227. The third-order valence-corrected chi connectivity index (χ3v) is 2.36. The Hall–Kier alpha value is -2.23. The van der Waals surface area contributed by atoms with Gasteiger partial charge in [-0.05, 0) is 19.1 Å². The molecule has 1 rings (SSSR count). The molecule has 102 valence electrons. The first kappa shape index (κ1) is 14.8. The number of aromatic carboxylic acids is 1. The van der Waals surface area contributed by atoms with Crippen LogP contribution in [0.5, 0.6) is 0 Å². The molecule has 0 bridgehead atoms. The van der Waals surface area contributed by atoms with Gasteiger partial charge in [-0.2, -0.15) is 13.2 Å². The number of hydrogen-bond donors (Lipinski definition) is 1. The van der Waals surface area contributed by atoms with Gasteiger partial charge in [-0.15, -0.1) is 6.42 Å². The van der Waals surface area contributed by atoms with E-state index in [4.69, 9.17) is 11.5 Å². The maximum Gasteiger partial charge on any atom is 0.433 e. The number of halogens is 3. The number of pyridine rings is 1. The highest BCUT2D eigenvalue weighted by atomic mass is 19.4. The van der Waals surface area contributed by atoms with Gasteiger partial charge in [0, 0.05) is 6.54 Å². The summed E-state index contributed by atoms with van der Waals surface area (Å²) in [5.41, 5.74) is -1.46. The molecule has 0 radical (unpaired) electrons. The molecule has 0 saturated heterocycles. The zero-order valence-corrected chi connectivity index (χ0v) is 10.0. The third-order valence-electron chi connectivity index (χ3n) is 2.36. The molecule has 1 aromatic rings. The SMILES string of the molecule is C#CCN(CC)c1nc(C(F)(F)F)ccc1C(=O)O. The summed E-state index contributed by atoms with van der Waals surface area (Å²) in [7, 11) is 0. The van der Waals surface area contributed by atoms with Crippen molar-refractivity contribution < 1.29 is 23.1 Å². The van der Waals surface area contributed by atoms with E-state index in [1.54, 1.807) is 6.92 Å². The van der Waals surface area contributed by atoms with Gasteiger partial charge in [0.15, 0.2) is 0 Å². The zero-order chi connectivity index (χ0) is 14.6. The van der Waals surface area contributed by atoms with Crippen molar-refractivity contribution in [3.05, 3.63) is 23.4 Å². The minimum Gasteiger partial charge on any atom is -0.478 e. The molecule has 0 aromatic carbocycles. The second kappa shape index (κ2) is 5.61. The fourth-order valence-electron chi connectivity index (χ4n) is 1.46. The molecule has 0 amide bonds. The van der Waals surface area contributed by atoms with Gasteiger partial charge < -0.3 is 10.0 Å². The molecule has 1 heterocycles. The van der Waals surface area contributed by atoms with Gasteiger partial charge in [0.25, 0.3) is 0 Å². The van der Waals surface area contributed by atoms with Crippen molar-refractivity contribution in [3.8, 4) is 12.3 Å². The fourth-order valence-corrected chi connectivity index (χ4v) is 1.46. The molecule has 1 N–H and O–H groups in total. The third kappa shape index (κ3) is 3.37. The summed E-state index contributed by atoms with van der Waals surface area (Å²) in [6.45, 7) is 1.87. The maximum absolute atomic E-state index is 12.6. The molecule has 7 heteroatoms. The average molecular weight is 272 g/mol. The molecular formula is C12H11F3N2O2. The average Bonchev–Trinajstić information content (AvgIpc) is 2.34. The molecule has 0 saturated carbocycles. The van der Waals surface area contributed by atoms with Gasteiger partial charge in [-0.3, -0.25) is 0 Å². The first-order valence-electron chi connectivity index (χ1n) is 5.31. The van der Waals surface area contributed by atoms with E-state index < -0.39 is 17.8 Å². The molecular weight excluding hydrogens is 261 g/mol. The van der Waals surface area contributed by atoms with Crippen LogP contribution in [0.3, 0.4) is 0 Å². The number of rotatable bonds is 4. The van der Waals surface area contributed by atoms with Gasteiger partial charge in [0.1, 0.15) is 17.1 Å². The molecule has 0 aliphatic heterocycles. The van der Waals surface area contributed by atoms with Crippen LogP contribution in [-0.4, -0.2) is 29.1 Å². The van der Waals surface area contributed by atoms with Crippen molar-refractivity contribution in [1.82, 2.24) is 4.98 Å². The maximum atomic E-state index is 12.6. The number of aromatic nitrogens is 1. The summed E-state index contributed by atoms with van der Waals surface area (Å²) >= 11 is 0. The molecule has 1 aromatic heterocycles. The van der Waals surface area contributed by atoms with Gasteiger partial charge in [-0.25, -0.2) is 9.78 Å². The van der Waals surface area contributed by atoms with E-state index in [0.29, 0.717) is 6.07 Å². The van der Waals surface area contributed by atoms with Crippen LogP contribution in [0.25, 0.3) is 0 Å². The number of carboxylic acid groups (broad SMARTS) is 1. The lowest BCUT2D eigenvalue weighted by Crippen LogP contribution is -2.27. The van der Waals surface area contributed by atoms with Crippen molar-refractivity contribution in [2.24, 2.45) is 0 Å². The van der Waals surface area contributed by atoms with E-state index in [1.807, 2.05) is 0 Å². The molecule has 4 nitrogen and oxygen atoms in total. The molecule has 0 aliphatic carbocycles. The Labute approximate surface area is 107 Å². The van der Waals surface area contributed by atoms with Crippen LogP contribution in [0.4, 0.5) is 19.0 Å². The quantitative estimate of drug-likeness (QED) is 0.854. The summed E-state index contributed by atoms with van der Waals surface area (Å²) < 4.78 is 37.8. The van der Waals surface area contributed by atoms with E-state index in [-0.39, 0.29) is 24.5 Å². The number of hydrogen-bond acceptors (Lipinski definition) is 3. The Balaban J connectivity index is 3.39. The van der Waals surface area contributed by atoms with Crippen molar-refractivity contribution in [3.63, 3.8) is 0 Å². The Kier molecular flexibility index (Phi) is 4.38. The highest BCUT2D eigenvalue weighted by Gasteiger charge is 2.34. The largest absolute Gasteiger partial charge is 0.478 e. The lowest BCUT2D eigenvalue weighted by molar-refractivity contribution is -0.141. The summed E-state index contributed by atoms with van der Waals surface area (Å²) in [5.74, 6) is 0.623.